The number of halogens is 1. The zero-order valence-corrected chi connectivity index (χ0v) is 12.2. The predicted molar refractivity (Wildman–Crippen MR) is 75.5 cm³/mol. The van der Waals surface area contributed by atoms with E-state index in [0.29, 0.717) is 5.56 Å². The average molecular weight is 310 g/mol. The molecule has 1 aliphatic heterocycles. The van der Waals surface area contributed by atoms with E-state index < -0.39 is 0 Å². The number of aryl methyl sites for hydroxylation is 1. The molecule has 0 saturated carbocycles. The number of alkyl halides is 1. The Labute approximate surface area is 115 Å². The Balaban J connectivity index is 2.38. The zero-order valence-electron chi connectivity index (χ0n) is 10.6. The largest absolute Gasteiger partial charge is 0.312 e. The fraction of sp³-hybridized carbons (Fsp3) is 0.429. The number of Topliss-reactive ketones (excluding diaryl/α,β-unsaturated/α-hetero) is 1. The van der Waals surface area contributed by atoms with Crippen molar-refractivity contribution in [2.45, 2.75) is 31.5 Å². The van der Waals surface area contributed by atoms with Gasteiger partial charge in [-0.15, -0.1) is 0 Å². The second kappa shape index (κ2) is 5.22. The third-order valence-corrected chi connectivity index (χ3v) is 3.64. The summed E-state index contributed by atoms with van der Waals surface area (Å²) in [5.41, 5.74) is 2.76. The molecule has 0 aromatic heterocycles. The molecule has 1 aromatic carbocycles. The minimum absolute atomic E-state index is 0.0592. The number of carbonyl (C=O) groups is 2. The van der Waals surface area contributed by atoms with Crippen LogP contribution >= 0.6 is 15.9 Å². The maximum Gasteiger partial charge on any atom is 0.223 e. The van der Waals surface area contributed by atoms with Gasteiger partial charge >= 0.3 is 0 Å². The lowest BCUT2D eigenvalue weighted by molar-refractivity contribution is -0.116. The standard InChI is InChI=1S/C14H16BrNO2/c1-9(15)14(18)12-5-6-13-11(8-12)4-3-7-16(13)10(2)17/h5-6,8-9H,3-4,7H2,1-2H3. The lowest BCUT2D eigenvalue weighted by Crippen LogP contribution is -2.33. The van der Waals surface area contributed by atoms with Gasteiger partial charge in [0.2, 0.25) is 5.91 Å². The molecule has 4 heteroatoms. The molecule has 0 fully saturated rings. The van der Waals surface area contributed by atoms with Crippen molar-refractivity contribution in [1.82, 2.24) is 0 Å². The predicted octanol–water partition coefficient (Wildman–Crippen LogP) is 2.95. The lowest BCUT2D eigenvalue weighted by Gasteiger charge is -2.28. The highest BCUT2D eigenvalue weighted by molar-refractivity contribution is 9.10. The first-order valence-corrected chi connectivity index (χ1v) is 7.01. The van der Waals surface area contributed by atoms with Crippen LogP contribution in [0.4, 0.5) is 5.69 Å². The van der Waals surface area contributed by atoms with E-state index in [1.165, 1.54) is 0 Å². The van der Waals surface area contributed by atoms with Crippen LogP contribution in [0.3, 0.4) is 0 Å². The number of fused-ring (bicyclic) bond motifs is 1. The van der Waals surface area contributed by atoms with Crippen LogP contribution in [0, 0.1) is 0 Å². The maximum absolute atomic E-state index is 11.9. The van der Waals surface area contributed by atoms with Crippen LogP contribution in [0.15, 0.2) is 18.2 Å². The van der Waals surface area contributed by atoms with Gasteiger partial charge in [0.05, 0.1) is 4.83 Å². The van der Waals surface area contributed by atoms with Gasteiger partial charge in [0.25, 0.3) is 0 Å². The van der Waals surface area contributed by atoms with Gasteiger partial charge in [-0.3, -0.25) is 9.59 Å². The molecule has 0 bridgehead atoms. The van der Waals surface area contributed by atoms with Gasteiger partial charge in [-0.05, 0) is 43.5 Å². The highest BCUT2D eigenvalue weighted by Crippen LogP contribution is 2.28. The molecule has 0 saturated heterocycles. The van der Waals surface area contributed by atoms with E-state index in [0.717, 1.165) is 30.6 Å². The third-order valence-electron chi connectivity index (χ3n) is 3.22. The van der Waals surface area contributed by atoms with Gasteiger partial charge in [0, 0.05) is 24.7 Å². The molecule has 1 amide bonds. The fourth-order valence-electron chi connectivity index (χ4n) is 2.31. The number of hydrogen-bond acceptors (Lipinski definition) is 2. The van der Waals surface area contributed by atoms with Gasteiger partial charge in [-0.25, -0.2) is 0 Å². The van der Waals surface area contributed by atoms with E-state index in [4.69, 9.17) is 0 Å². The first kappa shape index (κ1) is 13.3. The Morgan fingerprint density at radius 1 is 1.39 bits per heavy atom. The molecule has 1 heterocycles. The Kier molecular flexibility index (Phi) is 3.85. The molecule has 0 N–H and O–H groups in total. The topological polar surface area (TPSA) is 37.4 Å². The summed E-state index contributed by atoms with van der Waals surface area (Å²) in [5, 5.41) is 0. The molecular formula is C14H16BrNO2. The molecule has 1 aliphatic rings. The summed E-state index contributed by atoms with van der Waals surface area (Å²) < 4.78 is 0. The quantitative estimate of drug-likeness (QED) is 0.622. The second-order valence-electron chi connectivity index (χ2n) is 4.60. The van der Waals surface area contributed by atoms with E-state index in [2.05, 4.69) is 15.9 Å². The van der Waals surface area contributed by atoms with Crippen LogP contribution in [0.1, 0.15) is 36.2 Å². The third kappa shape index (κ3) is 2.48. The highest BCUT2D eigenvalue weighted by Gasteiger charge is 2.21. The van der Waals surface area contributed by atoms with E-state index in [1.54, 1.807) is 17.9 Å². The van der Waals surface area contributed by atoms with Crippen LogP contribution in [-0.4, -0.2) is 23.1 Å². The van der Waals surface area contributed by atoms with Crippen LogP contribution < -0.4 is 4.90 Å². The molecule has 18 heavy (non-hydrogen) atoms. The summed E-state index contributed by atoms with van der Waals surface area (Å²) in [4.78, 5) is 25.1. The van der Waals surface area contributed by atoms with Crippen molar-refractivity contribution >= 4 is 33.3 Å². The van der Waals surface area contributed by atoms with Crippen LogP contribution in [0.2, 0.25) is 0 Å². The first-order valence-electron chi connectivity index (χ1n) is 6.10. The number of nitrogens with zero attached hydrogens (tertiary/aromatic N) is 1. The summed E-state index contributed by atoms with van der Waals surface area (Å²) in [6.07, 6.45) is 1.88. The van der Waals surface area contributed by atoms with Crippen molar-refractivity contribution < 1.29 is 9.59 Å². The van der Waals surface area contributed by atoms with Gasteiger partial charge in [-0.1, -0.05) is 15.9 Å². The van der Waals surface area contributed by atoms with Crippen LogP contribution in [0.25, 0.3) is 0 Å². The highest BCUT2D eigenvalue weighted by atomic mass is 79.9. The molecule has 1 aromatic rings. The number of hydrogen-bond donors (Lipinski definition) is 0. The van der Waals surface area contributed by atoms with E-state index >= 15 is 0 Å². The molecule has 2 rings (SSSR count). The zero-order chi connectivity index (χ0) is 13.3. The Morgan fingerprint density at radius 2 is 2.11 bits per heavy atom. The fourth-order valence-corrected chi connectivity index (χ4v) is 2.57. The van der Waals surface area contributed by atoms with Crippen molar-refractivity contribution in [2.24, 2.45) is 0 Å². The monoisotopic (exact) mass is 309 g/mol. The number of anilines is 1. The van der Waals surface area contributed by atoms with Crippen molar-refractivity contribution in [3.05, 3.63) is 29.3 Å². The number of ketones is 1. The summed E-state index contributed by atoms with van der Waals surface area (Å²) in [6, 6.07) is 5.61. The number of benzene rings is 1. The minimum Gasteiger partial charge on any atom is -0.312 e. The van der Waals surface area contributed by atoms with Crippen LogP contribution in [0.5, 0.6) is 0 Å². The summed E-state index contributed by atoms with van der Waals surface area (Å²) in [5.74, 6) is 0.140. The maximum atomic E-state index is 11.9. The van der Waals surface area contributed by atoms with Gasteiger partial charge < -0.3 is 4.90 Å². The number of amides is 1. The van der Waals surface area contributed by atoms with Crippen molar-refractivity contribution in [3.8, 4) is 0 Å². The molecule has 1 unspecified atom stereocenters. The normalized spacial score (nSPS) is 16.1. The Morgan fingerprint density at radius 3 is 2.72 bits per heavy atom. The van der Waals surface area contributed by atoms with Gasteiger partial charge in [-0.2, -0.15) is 0 Å². The average Bonchev–Trinajstić information content (AvgIpc) is 2.36. The smallest absolute Gasteiger partial charge is 0.223 e. The first-order chi connectivity index (χ1) is 8.50. The number of rotatable bonds is 2. The molecule has 3 nitrogen and oxygen atoms in total. The van der Waals surface area contributed by atoms with E-state index in [9.17, 15) is 9.59 Å². The molecule has 0 spiro atoms. The van der Waals surface area contributed by atoms with E-state index in [1.807, 2.05) is 19.1 Å². The SMILES string of the molecule is CC(=O)N1CCCc2cc(C(=O)C(C)Br)ccc21. The Bertz CT molecular complexity index is 497. The van der Waals surface area contributed by atoms with Gasteiger partial charge in [0.1, 0.15) is 0 Å². The summed E-state index contributed by atoms with van der Waals surface area (Å²) >= 11 is 3.29. The minimum atomic E-state index is -0.178. The van der Waals surface area contributed by atoms with Crippen molar-refractivity contribution in [1.29, 1.82) is 0 Å². The molecule has 0 radical (unpaired) electrons. The Hall–Kier alpha value is -1.16. The van der Waals surface area contributed by atoms with E-state index in [-0.39, 0.29) is 16.5 Å². The summed E-state index contributed by atoms with van der Waals surface area (Å²) in [6.45, 7) is 4.17. The molecule has 0 aliphatic carbocycles. The lowest BCUT2D eigenvalue weighted by atomic mass is 9.97. The number of carbonyl (C=O) groups excluding carboxylic acids is 2. The molecule has 96 valence electrons. The second-order valence-corrected chi connectivity index (χ2v) is 5.97. The van der Waals surface area contributed by atoms with Gasteiger partial charge in [0.15, 0.2) is 5.78 Å². The van der Waals surface area contributed by atoms with Crippen molar-refractivity contribution in [3.63, 3.8) is 0 Å². The summed E-state index contributed by atoms with van der Waals surface area (Å²) in [7, 11) is 0. The van der Waals surface area contributed by atoms with Crippen LogP contribution in [-0.2, 0) is 11.2 Å². The molecular weight excluding hydrogens is 294 g/mol. The van der Waals surface area contributed by atoms with Crippen molar-refractivity contribution in [2.75, 3.05) is 11.4 Å². The molecule has 1 atom stereocenters.